The van der Waals surface area contributed by atoms with Crippen LogP contribution in [0.4, 0.5) is 0 Å². The van der Waals surface area contributed by atoms with E-state index in [1.54, 1.807) is 0 Å². The molecule has 0 saturated heterocycles. The fourth-order valence-corrected chi connectivity index (χ4v) is 1.33. The summed E-state index contributed by atoms with van der Waals surface area (Å²) in [7, 11) is 0. The molecule has 1 unspecified atom stereocenters. The standard InChI is InChI=1S/C11H18N2O/c1-8(2)9-3-5-10(6-4-9)11(14)7-13-12/h3-6,8,11,13-14H,7,12H2,1-2H3. The maximum absolute atomic E-state index is 9.61. The van der Waals surface area contributed by atoms with Gasteiger partial charge in [0, 0.05) is 6.54 Å². The van der Waals surface area contributed by atoms with Gasteiger partial charge in [-0.15, -0.1) is 0 Å². The number of nitrogens with one attached hydrogen (secondary N) is 1. The third-order valence-electron chi connectivity index (χ3n) is 2.30. The largest absolute Gasteiger partial charge is 0.387 e. The van der Waals surface area contributed by atoms with Crippen molar-refractivity contribution in [2.24, 2.45) is 5.84 Å². The molecule has 1 aromatic carbocycles. The first-order valence-electron chi connectivity index (χ1n) is 4.86. The fourth-order valence-electron chi connectivity index (χ4n) is 1.33. The Morgan fingerprint density at radius 3 is 2.14 bits per heavy atom. The van der Waals surface area contributed by atoms with E-state index < -0.39 is 6.10 Å². The maximum atomic E-state index is 9.61. The molecular formula is C11H18N2O. The maximum Gasteiger partial charge on any atom is 0.0928 e. The molecular weight excluding hydrogens is 176 g/mol. The van der Waals surface area contributed by atoms with Crippen molar-refractivity contribution < 1.29 is 5.11 Å². The summed E-state index contributed by atoms with van der Waals surface area (Å²) in [5, 5.41) is 9.61. The van der Waals surface area contributed by atoms with Crippen molar-refractivity contribution in [1.82, 2.24) is 5.43 Å². The molecule has 0 aromatic heterocycles. The van der Waals surface area contributed by atoms with Gasteiger partial charge in [-0.1, -0.05) is 38.1 Å². The lowest BCUT2D eigenvalue weighted by Crippen LogP contribution is -2.27. The lowest BCUT2D eigenvalue weighted by molar-refractivity contribution is 0.175. The Morgan fingerprint density at radius 1 is 1.21 bits per heavy atom. The molecule has 0 saturated carbocycles. The zero-order valence-electron chi connectivity index (χ0n) is 8.70. The van der Waals surface area contributed by atoms with Gasteiger partial charge in [0.2, 0.25) is 0 Å². The van der Waals surface area contributed by atoms with Crippen LogP contribution in [0.15, 0.2) is 24.3 Å². The molecule has 1 aromatic rings. The summed E-state index contributed by atoms with van der Waals surface area (Å²) in [6, 6.07) is 7.97. The topological polar surface area (TPSA) is 58.3 Å². The van der Waals surface area contributed by atoms with Crippen molar-refractivity contribution >= 4 is 0 Å². The van der Waals surface area contributed by atoms with Crippen LogP contribution in [0.3, 0.4) is 0 Å². The highest BCUT2D eigenvalue weighted by Crippen LogP contribution is 2.18. The van der Waals surface area contributed by atoms with Crippen LogP contribution < -0.4 is 11.3 Å². The van der Waals surface area contributed by atoms with E-state index in [0.717, 1.165) is 5.56 Å². The Hall–Kier alpha value is -0.900. The van der Waals surface area contributed by atoms with Crippen molar-refractivity contribution in [2.45, 2.75) is 25.9 Å². The van der Waals surface area contributed by atoms with E-state index >= 15 is 0 Å². The minimum atomic E-state index is -0.527. The van der Waals surface area contributed by atoms with Crippen LogP contribution in [0.1, 0.15) is 37.0 Å². The molecule has 0 aliphatic heterocycles. The summed E-state index contributed by atoms with van der Waals surface area (Å²) >= 11 is 0. The van der Waals surface area contributed by atoms with Gasteiger partial charge in [-0.3, -0.25) is 11.3 Å². The van der Waals surface area contributed by atoms with Gasteiger partial charge in [0.05, 0.1) is 6.10 Å². The van der Waals surface area contributed by atoms with Gasteiger partial charge >= 0.3 is 0 Å². The van der Waals surface area contributed by atoms with Crippen LogP contribution in [0.25, 0.3) is 0 Å². The van der Waals surface area contributed by atoms with E-state index in [4.69, 9.17) is 5.84 Å². The minimum Gasteiger partial charge on any atom is -0.387 e. The average Bonchev–Trinajstić information content (AvgIpc) is 2.18. The number of aliphatic hydroxyl groups is 1. The van der Waals surface area contributed by atoms with E-state index in [9.17, 15) is 5.11 Å². The molecule has 4 N–H and O–H groups in total. The number of hydrogen-bond acceptors (Lipinski definition) is 3. The number of hydrogen-bond donors (Lipinski definition) is 3. The molecule has 0 aliphatic carbocycles. The number of nitrogens with two attached hydrogens (primary N) is 1. The quantitative estimate of drug-likeness (QED) is 0.500. The van der Waals surface area contributed by atoms with Crippen LogP contribution in [0, 0.1) is 0 Å². The summed E-state index contributed by atoms with van der Waals surface area (Å²) < 4.78 is 0. The Kier molecular flexibility index (Phi) is 4.07. The minimum absolute atomic E-state index is 0.376. The predicted molar refractivity (Wildman–Crippen MR) is 57.7 cm³/mol. The Bertz CT molecular complexity index is 269. The smallest absolute Gasteiger partial charge is 0.0928 e. The van der Waals surface area contributed by atoms with Crippen molar-refractivity contribution in [2.75, 3.05) is 6.54 Å². The van der Waals surface area contributed by atoms with E-state index in [-0.39, 0.29) is 0 Å². The first-order valence-corrected chi connectivity index (χ1v) is 4.86. The van der Waals surface area contributed by atoms with Gasteiger partial charge in [-0.2, -0.15) is 0 Å². The van der Waals surface area contributed by atoms with Gasteiger partial charge in [-0.05, 0) is 17.0 Å². The summed E-state index contributed by atoms with van der Waals surface area (Å²) in [6.45, 7) is 4.67. The zero-order chi connectivity index (χ0) is 10.6. The SMILES string of the molecule is CC(C)c1ccc(C(O)CNN)cc1. The molecule has 0 radical (unpaired) electrons. The van der Waals surface area contributed by atoms with E-state index in [0.29, 0.717) is 12.5 Å². The molecule has 3 nitrogen and oxygen atoms in total. The van der Waals surface area contributed by atoms with Gasteiger partial charge < -0.3 is 5.11 Å². The molecule has 1 atom stereocenters. The Labute approximate surface area is 84.9 Å². The van der Waals surface area contributed by atoms with Crippen LogP contribution in [-0.4, -0.2) is 11.7 Å². The van der Waals surface area contributed by atoms with Gasteiger partial charge in [0.25, 0.3) is 0 Å². The highest BCUT2D eigenvalue weighted by atomic mass is 16.3. The second-order valence-electron chi connectivity index (χ2n) is 3.75. The average molecular weight is 194 g/mol. The lowest BCUT2D eigenvalue weighted by atomic mass is 10.00. The first kappa shape index (κ1) is 11.2. The number of hydrazine groups is 1. The molecule has 3 heteroatoms. The lowest BCUT2D eigenvalue weighted by Gasteiger charge is -2.11. The Balaban J connectivity index is 2.72. The number of aliphatic hydroxyl groups excluding tert-OH is 1. The highest BCUT2D eigenvalue weighted by Gasteiger charge is 2.06. The predicted octanol–water partition coefficient (Wildman–Crippen LogP) is 1.31. The van der Waals surface area contributed by atoms with Gasteiger partial charge in [0.1, 0.15) is 0 Å². The molecule has 0 fully saturated rings. The second kappa shape index (κ2) is 5.10. The van der Waals surface area contributed by atoms with Crippen molar-refractivity contribution in [1.29, 1.82) is 0 Å². The molecule has 1 rings (SSSR count). The molecule has 0 amide bonds. The third-order valence-corrected chi connectivity index (χ3v) is 2.30. The third kappa shape index (κ3) is 2.80. The van der Waals surface area contributed by atoms with E-state index in [1.165, 1.54) is 5.56 Å². The summed E-state index contributed by atoms with van der Waals surface area (Å²) in [4.78, 5) is 0. The first-order chi connectivity index (χ1) is 6.65. The van der Waals surface area contributed by atoms with Crippen molar-refractivity contribution in [3.05, 3.63) is 35.4 Å². The van der Waals surface area contributed by atoms with E-state index in [1.807, 2.05) is 24.3 Å². The molecule has 14 heavy (non-hydrogen) atoms. The second-order valence-corrected chi connectivity index (χ2v) is 3.75. The Morgan fingerprint density at radius 2 is 1.71 bits per heavy atom. The molecule has 0 heterocycles. The summed E-state index contributed by atoms with van der Waals surface area (Å²) in [5.74, 6) is 5.66. The van der Waals surface area contributed by atoms with Crippen molar-refractivity contribution in [3.8, 4) is 0 Å². The van der Waals surface area contributed by atoms with Crippen LogP contribution in [0.2, 0.25) is 0 Å². The fraction of sp³-hybridized carbons (Fsp3) is 0.455. The molecule has 0 spiro atoms. The summed E-state index contributed by atoms with van der Waals surface area (Å²) in [5.41, 5.74) is 4.63. The van der Waals surface area contributed by atoms with E-state index in [2.05, 4.69) is 19.3 Å². The van der Waals surface area contributed by atoms with Crippen molar-refractivity contribution in [3.63, 3.8) is 0 Å². The number of benzene rings is 1. The highest BCUT2D eigenvalue weighted by molar-refractivity contribution is 5.26. The summed E-state index contributed by atoms with van der Waals surface area (Å²) in [6.07, 6.45) is -0.527. The number of rotatable bonds is 4. The molecule has 78 valence electrons. The normalized spacial score (nSPS) is 13.2. The molecule has 0 bridgehead atoms. The van der Waals surface area contributed by atoms with Crippen LogP contribution in [-0.2, 0) is 0 Å². The van der Waals surface area contributed by atoms with Crippen LogP contribution in [0.5, 0.6) is 0 Å². The zero-order valence-corrected chi connectivity index (χ0v) is 8.70. The monoisotopic (exact) mass is 194 g/mol. The van der Waals surface area contributed by atoms with Crippen LogP contribution >= 0.6 is 0 Å². The van der Waals surface area contributed by atoms with Gasteiger partial charge in [-0.25, -0.2) is 0 Å². The molecule has 0 aliphatic rings. The van der Waals surface area contributed by atoms with Gasteiger partial charge in [0.15, 0.2) is 0 Å².